The summed E-state index contributed by atoms with van der Waals surface area (Å²) in [6.07, 6.45) is 8.63. The van der Waals surface area contributed by atoms with Gasteiger partial charge >= 0.3 is 0 Å². The average molecular weight is 342 g/mol. The second-order valence-corrected chi connectivity index (χ2v) is 6.84. The molecule has 1 N–H and O–H groups in total. The molecule has 0 saturated carbocycles. The molecule has 5 nitrogen and oxygen atoms in total. The molecule has 1 aliphatic heterocycles. The van der Waals surface area contributed by atoms with Gasteiger partial charge in [-0.1, -0.05) is 42.5 Å². The lowest BCUT2D eigenvalue weighted by Crippen LogP contribution is -2.30. The first-order chi connectivity index (χ1) is 12.8. The molecular formula is C21H18N4O. The first-order valence-electron chi connectivity index (χ1n) is 8.80. The Balaban J connectivity index is 1.63. The average Bonchev–Trinajstić information content (AvgIpc) is 3.48. The summed E-state index contributed by atoms with van der Waals surface area (Å²) in [5, 5.41) is 7.45. The van der Waals surface area contributed by atoms with Gasteiger partial charge in [-0.05, 0) is 23.3 Å². The van der Waals surface area contributed by atoms with Gasteiger partial charge in [0.2, 0.25) is 0 Å². The van der Waals surface area contributed by atoms with Crippen LogP contribution in [0, 0.1) is 0 Å². The van der Waals surface area contributed by atoms with Crippen molar-refractivity contribution in [1.29, 1.82) is 0 Å². The summed E-state index contributed by atoms with van der Waals surface area (Å²) in [6, 6.07) is 14.6. The summed E-state index contributed by atoms with van der Waals surface area (Å²) in [5.74, 6) is 0.0169. The summed E-state index contributed by atoms with van der Waals surface area (Å²) in [6.45, 7) is 1.66. The summed E-state index contributed by atoms with van der Waals surface area (Å²) in [4.78, 5) is 18.4. The number of rotatable bonds is 3. The van der Waals surface area contributed by atoms with E-state index >= 15 is 0 Å². The minimum absolute atomic E-state index is 0.0169. The summed E-state index contributed by atoms with van der Waals surface area (Å²) in [5.41, 5.74) is 4.53. The number of aromatic nitrogens is 3. The molecule has 2 aromatic heterocycles. The molecule has 5 heteroatoms. The number of carbonyl (C=O) groups excluding carboxylic acids is 1. The number of aromatic amines is 1. The molecule has 1 fully saturated rings. The van der Waals surface area contributed by atoms with Gasteiger partial charge in [0.15, 0.2) is 5.69 Å². The fourth-order valence-corrected chi connectivity index (χ4v) is 3.78. The molecule has 1 amide bonds. The molecular weight excluding hydrogens is 324 g/mol. The van der Waals surface area contributed by atoms with E-state index < -0.39 is 0 Å². The van der Waals surface area contributed by atoms with Crippen LogP contribution in [-0.2, 0) is 11.8 Å². The number of nitrogens with one attached hydrogen (secondary N) is 1. The molecule has 5 rings (SSSR count). The van der Waals surface area contributed by atoms with Gasteiger partial charge < -0.3 is 4.90 Å². The molecule has 1 atom stereocenters. The molecule has 0 radical (unpaired) electrons. The Morgan fingerprint density at radius 1 is 1.04 bits per heavy atom. The van der Waals surface area contributed by atoms with Crippen molar-refractivity contribution in [1.82, 2.24) is 20.1 Å². The number of hydrogen-bond acceptors (Lipinski definition) is 3. The minimum atomic E-state index is -0.302. The zero-order chi connectivity index (χ0) is 17.6. The number of benzene rings is 1. The van der Waals surface area contributed by atoms with Crippen molar-refractivity contribution in [3.63, 3.8) is 0 Å². The monoisotopic (exact) mass is 342 g/mol. The van der Waals surface area contributed by atoms with Crippen molar-refractivity contribution in [2.75, 3.05) is 13.1 Å². The lowest BCUT2D eigenvalue weighted by atomic mass is 9.68. The van der Waals surface area contributed by atoms with Gasteiger partial charge in [-0.2, -0.15) is 5.10 Å². The molecule has 1 aliphatic carbocycles. The van der Waals surface area contributed by atoms with E-state index in [0.29, 0.717) is 5.69 Å². The van der Waals surface area contributed by atoms with Gasteiger partial charge in [-0.25, -0.2) is 0 Å². The standard InChI is InChI=1S/C21H18N4O/c26-20(25-12-13-25)19-17-6-9-21(14-18(17)23-24-19,15-4-2-1-3-5-15)16-7-10-22-11-8-16/h1-11H,12-14H2,(H,23,24). The molecule has 3 aromatic rings. The molecule has 128 valence electrons. The van der Waals surface area contributed by atoms with E-state index in [-0.39, 0.29) is 11.3 Å². The van der Waals surface area contributed by atoms with E-state index in [1.807, 2.05) is 24.5 Å². The highest BCUT2D eigenvalue weighted by Gasteiger charge is 2.38. The van der Waals surface area contributed by atoms with E-state index in [1.165, 1.54) is 11.1 Å². The third-order valence-corrected chi connectivity index (χ3v) is 5.29. The quantitative estimate of drug-likeness (QED) is 0.745. The third kappa shape index (κ3) is 2.28. The Kier molecular flexibility index (Phi) is 3.28. The van der Waals surface area contributed by atoms with E-state index in [9.17, 15) is 4.79 Å². The van der Waals surface area contributed by atoms with Crippen LogP contribution in [0.2, 0.25) is 0 Å². The van der Waals surface area contributed by atoms with Crippen LogP contribution in [-0.4, -0.2) is 39.1 Å². The Morgan fingerprint density at radius 2 is 1.77 bits per heavy atom. The Bertz CT molecular complexity index is 948. The maximum absolute atomic E-state index is 12.4. The zero-order valence-electron chi connectivity index (χ0n) is 14.2. The number of pyridine rings is 1. The molecule has 3 heterocycles. The first kappa shape index (κ1) is 15.1. The Morgan fingerprint density at radius 3 is 2.50 bits per heavy atom. The maximum atomic E-state index is 12.4. The number of H-pyrrole nitrogens is 1. The van der Waals surface area contributed by atoms with Crippen molar-refractivity contribution < 1.29 is 4.79 Å². The van der Waals surface area contributed by atoms with Crippen LogP contribution >= 0.6 is 0 Å². The van der Waals surface area contributed by atoms with E-state index in [1.54, 1.807) is 4.90 Å². The van der Waals surface area contributed by atoms with Gasteiger partial charge in [0.1, 0.15) is 0 Å². The third-order valence-electron chi connectivity index (χ3n) is 5.29. The second-order valence-electron chi connectivity index (χ2n) is 6.84. The van der Waals surface area contributed by atoms with Crippen molar-refractivity contribution in [3.8, 4) is 0 Å². The van der Waals surface area contributed by atoms with Crippen molar-refractivity contribution in [2.24, 2.45) is 0 Å². The lowest BCUT2D eigenvalue weighted by molar-refractivity contribution is 0.0880. The van der Waals surface area contributed by atoms with Crippen molar-refractivity contribution in [2.45, 2.75) is 11.8 Å². The van der Waals surface area contributed by atoms with E-state index in [2.05, 4.69) is 57.7 Å². The molecule has 26 heavy (non-hydrogen) atoms. The van der Waals surface area contributed by atoms with E-state index in [4.69, 9.17) is 0 Å². The Labute approximate surface area is 151 Å². The summed E-state index contributed by atoms with van der Waals surface area (Å²) >= 11 is 0. The predicted octanol–water partition coefficient (Wildman–Crippen LogP) is 2.82. The van der Waals surface area contributed by atoms with Crippen LogP contribution in [0.3, 0.4) is 0 Å². The molecule has 0 bridgehead atoms. The topological polar surface area (TPSA) is 61.6 Å². The smallest absolute Gasteiger partial charge is 0.275 e. The molecule has 1 saturated heterocycles. The van der Waals surface area contributed by atoms with Gasteiger partial charge in [-0.15, -0.1) is 0 Å². The fraction of sp³-hybridized carbons (Fsp3) is 0.190. The SMILES string of the molecule is O=C(c1n[nH]c2c1C=CC(c1ccccc1)(c1ccncc1)C2)N1CC1. The summed E-state index contributed by atoms with van der Waals surface area (Å²) in [7, 11) is 0. The second kappa shape index (κ2) is 5.66. The van der Waals surface area contributed by atoms with Crippen LogP contribution in [0.5, 0.6) is 0 Å². The number of allylic oxidation sites excluding steroid dienone is 1. The highest BCUT2D eigenvalue weighted by atomic mass is 16.2. The van der Waals surface area contributed by atoms with Gasteiger partial charge in [-0.3, -0.25) is 14.9 Å². The maximum Gasteiger partial charge on any atom is 0.275 e. The van der Waals surface area contributed by atoms with Crippen molar-refractivity contribution in [3.05, 3.63) is 89.0 Å². The van der Waals surface area contributed by atoms with Crippen LogP contribution in [0.1, 0.15) is 32.9 Å². The van der Waals surface area contributed by atoms with Crippen molar-refractivity contribution >= 4 is 12.0 Å². The number of nitrogens with zero attached hydrogens (tertiary/aromatic N) is 3. The zero-order valence-corrected chi connectivity index (χ0v) is 14.2. The number of fused-ring (bicyclic) bond motifs is 1. The van der Waals surface area contributed by atoms with Gasteiger partial charge in [0, 0.05) is 48.6 Å². The van der Waals surface area contributed by atoms with Crippen LogP contribution in [0.25, 0.3) is 6.08 Å². The molecule has 0 spiro atoms. The molecule has 2 aliphatic rings. The van der Waals surface area contributed by atoms with Crippen LogP contribution in [0.15, 0.2) is 60.9 Å². The van der Waals surface area contributed by atoms with Crippen LogP contribution < -0.4 is 0 Å². The highest BCUT2D eigenvalue weighted by Crippen LogP contribution is 2.41. The lowest BCUT2D eigenvalue weighted by Gasteiger charge is -2.34. The van der Waals surface area contributed by atoms with Crippen LogP contribution in [0.4, 0.5) is 0 Å². The summed E-state index contributed by atoms with van der Waals surface area (Å²) < 4.78 is 0. The molecule has 1 aromatic carbocycles. The minimum Gasteiger partial charge on any atom is -0.334 e. The highest BCUT2D eigenvalue weighted by molar-refractivity contribution is 5.97. The molecule has 1 unspecified atom stereocenters. The number of hydrogen-bond donors (Lipinski definition) is 1. The van der Waals surface area contributed by atoms with Gasteiger partial charge in [0.25, 0.3) is 5.91 Å². The largest absolute Gasteiger partial charge is 0.334 e. The Hall–Kier alpha value is -3.21. The predicted molar refractivity (Wildman–Crippen MR) is 98.7 cm³/mol. The number of carbonyl (C=O) groups is 1. The van der Waals surface area contributed by atoms with Gasteiger partial charge in [0.05, 0.1) is 0 Å². The first-order valence-corrected chi connectivity index (χ1v) is 8.80. The fourth-order valence-electron chi connectivity index (χ4n) is 3.78. The van der Waals surface area contributed by atoms with E-state index in [0.717, 1.165) is 30.8 Å². The number of amides is 1. The normalized spacial score (nSPS) is 20.7.